The van der Waals surface area contributed by atoms with E-state index in [1.54, 1.807) is 43.3 Å². The summed E-state index contributed by atoms with van der Waals surface area (Å²) in [6.45, 7) is 2.61. The van der Waals surface area contributed by atoms with E-state index in [0.29, 0.717) is 58.3 Å². The number of rotatable bonds is 4. The number of pyridine rings is 1. The summed E-state index contributed by atoms with van der Waals surface area (Å²) < 4.78 is 28.5. The number of nitrogens with zero attached hydrogens (tertiary/aromatic N) is 2. The maximum Gasteiger partial charge on any atom is 0.301 e. The number of hydrogen-bond acceptors (Lipinski definition) is 4. The molecule has 0 bridgehead atoms. The van der Waals surface area contributed by atoms with E-state index < -0.39 is 10.2 Å². The van der Waals surface area contributed by atoms with Crippen LogP contribution in [0.3, 0.4) is 0 Å². The highest BCUT2D eigenvalue weighted by Crippen LogP contribution is 2.31. The van der Waals surface area contributed by atoms with Crippen molar-refractivity contribution in [3.05, 3.63) is 88.9 Å². The van der Waals surface area contributed by atoms with Gasteiger partial charge in [-0.25, -0.2) is 4.98 Å². The van der Waals surface area contributed by atoms with Crippen molar-refractivity contribution in [3.8, 4) is 11.3 Å². The molecule has 1 aliphatic rings. The third kappa shape index (κ3) is 4.73. The minimum Gasteiger partial charge on any atom is -0.322 e. The minimum absolute atomic E-state index is 0.298. The highest BCUT2D eigenvalue weighted by Gasteiger charge is 2.26. The topological polar surface area (TPSA) is 91.4 Å². The average Bonchev–Trinajstić information content (AvgIpc) is 2.84. The SMILES string of the molecule is Cc1cc(N2CCCNS2(=O)=O)ccc1C(=O)Nc1ccc(Cl)c(-c2ccc3ccccc3n2)c1. The molecule has 1 aromatic heterocycles. The molecule has 0 spiro atoms. The molecule has 1 fully saturated rings. The average molecular weight is 507 g/mol. The Morgan fingerprint density at radius 3 is 2.69 bits per heavy atom. The molecule has 0 aliphatic carbocycles. The van der Waals surface area contributed by atoms with Crippen LogP contribution in [-0.2, 0) is 10.2 Å². The quantitative estimate of drug-likeness (QED) is 0.400. The molecule has 4 aromatic rings. The summed E-state index contributed by atoms with van der Waals surface area (Å²) in [6.07, 6.45) is 0.714. The molecule has 0 radical (unpaired) electrons. The third-order valence-corrected chi connectivity index (χ3v) is 7.83. The molecule has 2 N–H and O–H groups in total. The molecule has 0 unspecified atom stereocenters. The van der Waals surface area contributed by atoms with Crippen LogP contribution in [0.5, 0.6) is 0 Å². The van der Waals surface area contributed by atoms with Crippen molar-refractivity contribution in [2.75, 3.05) is 22.7 Å². The molecule has 0 saturated carbocycles. The Balaban J connectivity index is 1.40. The Labute approximate surface area is 208 Å². The highest BCUT2D eigenvalue weighted by atomic mass is 35.5. The Kier molecular flexibility index (Phi) is 6.19. The summed E-state index contributed by atoms with van der Waals surface area (Å²) in [6, 6.07) is 22.0. The fourth-order valence-corrected chi connectivity index (χ4v) is 5.69. The lowest BCUT2D eigenvalue weighted by molar-refractivity contribution is 0.102. The van der Waals surface area contributed by atoms with Gasteiger partial charge >= 0.3 is 10.2 Å². The maximum atomic E-state index is 13.1. The fraction of sp³-hybridized carbons (Fsp3) is 0.154. The van der Waals surface area contributed by atoms with Crippen molar-refractivity contribution in [1.29, 1.82) is 0 Å². The van der Waals surface area contributed by atoms with Crippen molar-refractivity contribution in [2.45, 2.75) is 13.3 Å². The number of anilines is 2. The number of benzene rings is 3. The van der Waals surface area contributed by atoms with Gasteiger partial charge in [0, 0.05) is 35.3 Å². The van der Waals surface area contributed by atoms with E-state index in [2.05, 4.69) is 10.0 Å². The zero-order valence-corrected chi connectivity index (χ0v) is 20.5. The first-order valence-electron chi connectivity index (χ1n) is 11.2. The number of carbonyl (C=O) groups is 1. The summed E-state index contributed by atoms with van der Waals surface area (Å²) >= 11 is 6.46. The van der Waals surface area contributed by atoms with E-state index in [1.165, 1.54) is 4.31 Å². The molecule has 7 nitrogen and oxygen atoms in total. The summed E-state index contributed by atoms with van der Waals surface area (Å²) in [4.78, 5) is 17.8. The molecule has 1 saturated heterocycles. The van der Waals surface area contributed by atoms with E-state index in [4.69, 9.17) is 16.6 Å². The first-order valence-corrected chi connectivity index (χ1v) is 13.0. The first kappa shape index (κ1) is 23.3. The number of aryl methyl sites for hydroxylation is 1. The number of hydrogen-bond donors (Lipinski definition) is 2. The lowest BCUT2D eigenvalue weighted by atomic mass is 10.1. The zero-order valence-electron chi connectivity index (χ0n) is 19.0. The van der Waals surface area contributed by atoms with Gasteiger partial charge in [0.25, 0.3) is 5.91 Å². The lowest BCUT2D eigenvalue weighted by Crippen LogP contribution is -2.47. The van der Waals surface area contributed by atoms with E-state index in [0.717, 1.165) is 10.9 Å². The number of para-hydroxylation sites is 1. The van der Waals surface area contributed by atoms with Crippen LogP contribution < -0.4 is 14.3 Å². The Bertz CT molecular complexity index is 1560. The smallest absolute Gasteiger partial charge is 0.301 e. The highest BCUT2D eigenvalue weighted by molar-refractivity contribution is 7.90. The van der Waals surface area contributed by atoms with E-state index in [1.807, 2.05) is 36.4 Å². The van der Waals surface area contributed by atoms with Crippen LogP contribution >= 0.6 is 11.6 Å². The second-order valence-corrected chi connectivity index (χ2v) is 10.4. The molecular weight excluding hydrogens is 484 g/mol. The van der Waals surface area contributed by atoms with Crippen LogP contribution in [0, 0.1) is 6.92 Å². The molecular formula is C26H23ClN4O3S. The maximum absolute atomic E-state index is 13.1. The van der Waals surface area contributed by atoms with Crippen LogP contribution in [0.25, 0.3) is 22.2 Å². The number of amides is 1. The molecule has 35 heavy (non-hydrogen) atoms. The summed E-state index contributed by atoms with van der Waals surface area (Å²) in [5.41, 5.74) is 4.52. The van der Waals surface area contributed by atoms with E-state index >= 15 is 0 Å². The van der Waals surface area contributed by atoms with Crippen LogP contribution in [0.2, 0.25) is 5.02 Å². The fourth-order valence-electron chi connectivity index (χ4n) is 4.16. The van der Waals surface area contributed by atoms with E-state index in [9.17, 15) is 13.2 Å². The zero-order chi connectivity index (χ0) is 24.6. The minimum atomic E-state index is -3.56. The molecule has 2 heterocycles. The second-order valence-electron chi connectivity index (χ2n) is 8.36. The number of carbonyl (C=O) groups excluding carboxylic acids is 1. The van der Waals surface area contributed by atoms with Gasteiger partial charge < -0.3 is 5.32 Å². The largest absolute Gasteiger partial charge is 0.322 e. The van der Waals surface area contributed by atoms with Crippen molar-refractivity contribution in [3.63, 3.8) is 0 Å². The number of fused-ring (bicyclic) bond motifs is 1. The van der Waals surface area contributed by atoms with Gasteiger partial charge in [0.1, 0.15) is 0 Å². The van der Waals surface area contributed by atoms with Crippen molar-refractivity contribution in [2.24, 2.45) is 0 Å². The van der Waals surface area contributed by atoms with Gasteiger partial charge in [-0.15, -0.1) is 0 Å². The van der Waals surface area contributed by atoms with Gasteiger partial charge in [-0.05, 0) is 67.4 Å². The molecule has 1 aliphatic heterocycles. The van der Waals surface area contributed by atoms with Crippen LogP contribution in [0.1, 0.15) is 22.3 Å². The molecule has 178 valence electrons. The van der Waals surface area contributed by atoms with Crippen LogP contribution in [0.15, 0.2) is 72.8 Å². The Morgan fingerprint density at radius 2 is 1.89 bits per heavy atom. The van der Waals surface area contributed by atoms with Gasteiger partial charge in [0.15, 0.2) is 0 Å². The molecule has 5 rings (SSSR count). The van der Waals surface area contributed by atoms with Gasteiger partial charge in [0.05, 0.1) is 21.9 Å². The number of halogens is 1. The molecule has 9 heteroatoms. The monoisotopic (exact) mass is 506 g/mol. The van der Waals surface area contributed by atoms with Gasteiger partial charge in [-0.2, -0.15) is 13.1 Å². The third-order valence-electron chi connectivity index (χ3n) is 5.95. The molecule has 0 atom stereocenters. The second kappa shape index (κ2) is 9.30. The van der Waals surface area contributed by atoms with Crippen LogP contribution in [-0.4, -0.2) is 32.4 Å². The lowest BCUT2D eigenvalue weighted by Gasteiger charge is -2.29. The summed E-state index contributed by atoms with van der Waals surface area (Å²) in [5.74, 6) is -0.298. The number of aromatic nitrogens is 1. The van der Waals surface area contributed by atoms with Gasteiger partial charge in [0.2, 0.25) is 0 Å². The van der Waals surface area contributed by atoms with Gasteiger partial charge in [-0.3, -0.25) is 9.10 Å². The molecule has 1 amide bonds. The summed E-state index contributed by atoms with van der Waals surface area (Å²) in [7, 11) is -3.56. The predicted molar refractivity (Wildman–Crippen MR) is 140 cm³/mol. The van der Waals surface area contributed by atoms with Crippen molar-refractivity contribution < 1.29 is 13.2 Å². The molecule has 3 aromatic carbocycles. The van der Waals surface area contributed by atoms with Crippen LogP contribution in [0.4, 0.5) is 11.4 Å². The normalized spacial score (nSPS) is 15.2. The van der Waals surface area contributed by atoms with Gasteiger partial charge in [-0.1, -0.05) is 35.9 Å². The number of nitrogens with one attached hydrogen (secondary N) is 2. The first-order chi connectivity index (χ1) is 16.8. The van der Waals surface area contributed by atoms with Crippen molar-refractivity contribution in [1.82, 2.24) is 9.71 Å². The van der Waals surface area contributed by atoms with Crippen molar-refractivity contribution >= 4 is 50.0 Å². The van der Waals surface area contributed by atoms with E-state index in [-0.39, 0.29) is 5.91 Å². The standard InChI is InChI=1S/C26H23ClN4O3S/c1-17-15-20(31-14-4-13-28-35(31,33)34)9-10-21(17)26(32)29-19-8-11-23(27)22(16-19)25-12-7-18-5-2-3-6-24(18)30-25/h2-3,5-12,15-16,28H,4,13-14H2,1H3,(H,29,32). The summed E-state index contributed by atoms with van der Waals surface area (Å²) in [5, 5.41) is 4.48. The Morgan fingerprint density at radius 1 is 1.06 bits per heavy atom. The Hall–Kier alpha value is -3.46. The predicted octanol–water partition coefficient (Wildman–Crippen LogP) is 5.16.